The molecule has 0 fully saturated rings. The monoisotopic (exact) mass is 243 g/mol. The first kappa shape index (κ1) is 16.9. The normalized spacial score (nSPS) is 15.0. The Morgan fingerprint density at radius 2 is 1.53 bits per heavy atom. The minimum absolute atomic E-state index is 0.319. The van der Waals surface area contributed by atoms with E-state index in [1.165, 1.54) is 12.8 Å². The Labute approximate surface area is 108 Å². The highest BCUT2D eigenvalue weighted by molar-refractivity contribution is 4.71. The molecule has 2 nitrogen and oxygen atoms in total. The number of nitrogens with one attached hydrogen (secondary N) is 1. The fourth-order valence-corrected chi connectivity index (χ4v) is 2.17. The average Bonchev–Trinajstić information content (AvgIpc) is 2.08. The molecule has 0 unspecified atom stereocenters. The van der Waals surface area contributed by atoms with Gasteiger partial charge in [0.25, 0.3) is 0 Å². The summed E-state index contributed by atoms with van der Waals surface area (Å²) in [6.45, 7) is 16.0. The van der Waals surface area contributed by atoms with E-state index in [1.54, 1.807) is 0 Å². The molecular weight excluding hydrogens is 210 g/mol. The van der Waals surface area contributed by atoms with Gasteiger partial charge in [-0.25, -0.2) is 0 Å². The van der Waals surface area contributed by atoms with Crippen LogP contribution in [0, 0.1) is 16.7 Å². The van der Waals surface area contributed by atoms with Gasteiger partial charge in [-0.05, 0) is 49.1 Å². The molecule has 0 aromatic carbocycles. The first-order valence-corrected chi connectivity index (χ1v) is 6.96. The van der Waals surface area contributed by atoms with Gasteiger partial charge in [-0.15, -0.1) is 0 Å². The maximum Gasteiger partial charge on any atom is 0.0433 e. The second-order valence-corrected chi connectivity index (χ2v) is 7.67. The summed E-state index contributed by atoms with van der Waals surface area (Å²) in [7, 11) is 0. The van der Waals surface area contributed by atoms with Crippen LogP contribution in [0.5, 0.6) is 0 Å². The largest absolute Gasteiger partial charge is 0.396 e. The zero-order chi connectivity index (χ0) is 13.5. The summed E-state index contributed by atoms with van der Waals surface area (Å²) in [6, 6.07) is 0. The second kappa shape index (κ2) is 7.38. The molecule has 2 N–H and O–H groups in total. The van der Waals surface area contributed by atoms with Crippen molar-refractivity contribution in [2.45, 2.75) is 60.8 Å². The fourth-order valence-electron chi connectivity index (χ4n) is 2.17. The van der Waals surface area contributed by atoms with E-state index in [9.17, 15) is 0 Å². The van der Waals surface area contributed by atoms with Crippen LogP contribution in [0.1, 0.15) is 60.8 Å². The highest BCUT2D eigenvalue weighted by atomic mass is 16.3. The van der Waals surface area contributed by atoms with Crippen LogP contribution in [0.2, 0.25) is 0 Å². The Morgan fingerprint density at radius 3 is 1.94 bits per heavy atom. The lowest BCUT2D eigenvalue weighted by atomic mass is 9.82. The van der Waals surface area contributed by atoms with E-state index in [-0.39, 0.29) is 0 Å². The molecule has 0 amide bonds. The zero-order valence-electron chi connectivity index (χ0n) is 12.8. The van der Waals surface area contributed by atoms with E-state index < -0.39 is 0 Å². The smallest absolute Gasteiger partial charge is 0.0433 e. The topological polar surface area (TPSA) is 32.3 Å². The van der Waals surface area contributed by atoms with Crippen molar-refractivity contribution < 1.29 is 5.11 Å². The molecule has 0 aliphatic heterocycles. The SMILES string of the molecule is CC(C)(C)CNCC[C@H](CCO)CC(C)(C)C. The van der Waals surface area contributed by atoms with Crippen LogP contribution < -0.4 is 5.32 Å². The van der Waals surface area contributed by atoms with Gasteiger partial charge in [0.1, 0.15) is 0 Å². The molecule has 17 heavy (non-hydrogen) atoms. The molecule has 0 spiro atoms. The third kappa shape index (κ3) is 12.2. The second-order valence-electron chi connectivity index (χ2n) is 7.67. The van der Waals surface area contributed by atoms with Crippen molar-refractivity contribution in [3.05, 3.63) is 0 Å². The standard InChI is InChI=1S/C15H33NO/c1-14(2,3)11-13(8-10-17)7-9-16-12-15(4,5)6/h13,16-17H,7-12H2,1-6H3/t13-/m1/s1. The molecular formula is C15H33NO. The summed E-state index contributed by atoms with van der Waals surface area (Å²) in [6.07, 6.45) is 3.31. The Bertz CT molecular complexity index is 188. The molecule has 0 saturated carbocycles. The molecule has 0 heterocycles. The Hall–Kier alpha value is -0.0800. The lowest BCUT2D eigenvalue weighted by molar-refractivity contribution is 0.208. The van der Waals surface area contributed by atoms with Gasteiger partial charge in [-0.3, -0.25) is 0 Å². The summed E-state index contributed by atoms with van der Waals surface area (Å²) < 4.78 is 0. The van der Waals surface area contributed by atoms with Crippen molar-refractivity contribution in [3.63, 3.8) is 0 Å². The van der Waals surface area contributed by atoms with Gasteiger partial charge in [0.15, 0.2) is 0 Å². The van der Waals surface area contributed by atoms with Crippen LogP contribution in [0.25, 0.3) is 0 Å². The van der Waals surface area contributed by atoms with Gasteiger partial charge < -0.3 is 10.4 Å². The lowest BCUT2D eigenvalue weighted by Gasteiger charge is -2.26. The van der Waals surface area contributed by atoms with Gasteiger partial charge >= 0.3 is 0 Å². The number of hydrogen-bond acceptors (Lipinski definition) is 2. The van der Waals surface area contributed by atoms with Gasteiger partial charge in [-0.2, -0.15) is 0 Å². The maximum atomic E-state index is 9.10. The molecule has 0 bridgehead atoms. The van der Waals surface area contributed by atoms with Crippen LogP contribution in [-0.2, 0) is 0 Å². The first-order chi connectivity index (χ1) is 7.64. The molecule has 1 atom stereocenters. The number of hydrogen-bond donors (Lipinski definition) is 2. The number of rotatable bonds is 7. The molecule has 0 rings (SSSR count). The van der Waals surface area contributed by atoms with E-state index in [1.807, 2.05) is 0 Å². The van der Waals surface area contributed by atoms with E-state index >= 15 is 0 Å². The number of aliphatic hydroxyl groups excluding tert-OH is 1. The number of aliphatic hydroxyl groups is 1. The molecule has 0 aromatic rings. The van der Waals surface area contributed by atoms with Crippen LogP contribution in [-0.4, -0.2) is 24.8 Å². The van der Waals surface area contributed by atoms with Crippen molar-refractivity contribution in [1.29, 1.82) is 0 Å². The lowest BCUT2D eigenvalue weighted by Crippen LogP contribution is -2.29. The van der Waals surface area contributed by atoms with E-state index in [0.717, 1.165) is 19.5 Å². The van der Waals surface area contributed by atoms with Crippen molar-refractivity contribution >= 4 is 0 Å². The Kier molecular flexibility index (Phi) is 7.34. The summed E-state index contributed by atoms with van der Waals surface area (Å²) in [5, 5.41) is 12.6. The highest BCUT2D eigenvalue weighted by Crippen LogP contribution is 2.28. The molecule has 0 aliphatic carbocycles. The van der Waals surface area contributed by atoms with Crippen molar-refractivity contribution in [3.8, 4) is 0 Å². The molecule has 0 aromatic heterocycles. The van der Waals surface area contributed by atoms with E-state index in [0.29, 0.717) is 23.4 Å². The predicted octanol–water partition coefficient (Wildman–Crippen LogP) is 3.45. The summed E-state index contributed by atoms with van der Waals surface area (Å²) in [5.41, 5.74) is 0.723. The maximum absolute atomic E-state index is 9.10. The zero-order valence-corrected chi connectivity index (χ0v) is 12.8. The summed E-state index contributed by atoms with van der Waals surface area (Å²) >= 11 is 0. The van der Waals surface area contributed by atoms with Crippen molar-refractivity contribution in [1.82, 2.24) is 5.32 Å². The third-order valence-corrected chi connectivity index (χ3v) is 2.82. The Balaban J connectivity index is 3.85. The van der Waals surface area contributed by atoms with Crippen LogP contribution in [0.3, 0.4) is 0 Å². The third-order valence-electron chi connectivity index (χ3n) is 2.82. The molecule has 0 aliphatic rings. The fraction of sp³-hybridized carbons (Fsp3) is 1.00. The van der Waals surface area contributed by atoms with E-state index in [4.69, 9.17) is 5.11 Å². The Morgan fingerprint density at radius 1 is 0.941 bits per heavy atom. The highest BCUT2D eigenvalue weighted by Gasteiger charge is 2.18. The van der Waals surface area contributed by atoms with Crippen molar-refractivity contribution in [2.24, 2.45) is 16.7 Å². The van der Waals surface area contributed by atoms with Gasteiger partial charge in [0.05, 0.1) is 0 Å². The summed E-state index contributed by atoms with van der Waals surface area (Å²) in [4.78, 5) is 0. The van der Waals surface area contributed by atoms with Crippen molar-refractivity contribution in [2.75, 3.05) is 19.7 Å². The minimum atomic E-state index is 0.319. The van der Waals surface area contributed by atoms with Crippen LogP contribution in [0.4, 0.5) is 0 Å². The molecule has 104 valence electrons. The average molecular weight is 243 g/mol. The van der Waals surface area contributed by atoms with Gasteiger partial charge in [0.2, 0.25) is 0 Å². The summed E-state index contributed by atoms with van der Waals surface area (Å²) in [5.74, 6) is 0.646. The van der Waals surface area contributed by atoms with Crippen LogP contribution >= 0.6 is 0 Å². The minimum Gasteiger partial charge on any atom is -0.396 e. The molecule has 0 saturated heterocycles. The quantitative estimate of drug-likeness (QED) is 0.671. The van der Waals surface area contributed by atoms with Gasteiger partial charge in [-0.1, -0.05) is 41.5 Å². The van der Waals surface area contributed by atoms with Crippen LogP contribution in [0.15, 0.2) is 0 Å². The molecule has 0 radical (unpaired) electrons. The van der Waals surface area contributed by atoms with Gasteiger partial charge in [0, 0.05) is 6.61 Å². The molecule has 2 heteroatoms. The van der Waals surface area contributed by atoms with E-state index in [2.05, 4.69) is 46.9 Å². The predicted molar refractivity (Wildman–Crippen MR) is 76.2 cm³/mol. The first-order valence-electron chi connectivity index (χ1n) is 6.96.